The van der Waals surface area contributed by atoms with Crippen LogP contribution in [0.5, 0.6) is 0 Å². The second-order valence-corrected chi connectivity index (χ2v) is 4.40. The Labute approximate surface area is 80.5 Å². The van der Waals surface area contributed by atoms with Gasteiger partial charge in [0.1, 0.15) is 4.90 Å². The van der Waals surface area contributed by atoms with Gasteiger partial charge in [0.25, 0.3) is 10.1 Å². The molecule has 0 aliphatic rings. The fourth-order valence-electron chi connectivity index (χ4n) is 0.709. The lowest BCUT2D eigenvalue weighted by molar-refractivity contribution is 0.481. The lowest BCUT2D eigenvalue weighted by Gasteiger charge is -2.00. The van der Waals surface area contributed by atoms with Gasteiger partial charge < -0.3 is 0 Å². The number of benzene rings is 1. The number of halogens is 1. The highest BCUT2D eigenvalue weighted by Gasteiger charge is 2.12. The van der Waals surface area contributed by atoms with E-state index < -0.39 is 10.1 Å². The highest BCUT2D eigenvalue weighted by Crippen LogP contribution is 2.22. The van der Waals surface area contributed by atoms with Crippen LogP contribution in [0.15, 0.2) is 28.0 Å². The van der Waals surface area contributed by atoms with Crippen molar-refractivity contribution >= 4 is 34.3 Å². The Morgan fingerprint density at radius 2 is 2.00 bits per heavy atom. The SMILES string of the molecule is O=S(=O)(O)c1ccc(Cl)cc1S. The van der Waals surface area contributed by atoms with E-state index >= 15 is 0 Å². The van der Waals surface area contributed by atoms with Crippen molar-refractivity contribution in [2.45, 2.75) is 9.79 Å². The maximum Gasteiger partial charge on any atom is 0.295 e. The van der Waals surface area contributed by atoms with E-state index in [1.807, 2.05) is 0 Å². The fraction of sp³-hybridized carbons (Fsp3) is 0. The average molecular weight is 225 g/mol. The number of hydrogen-bond donors (Lipinski definition) is 2. The van der Waals surface area contributed by atoms with Crippen LogP contribution < -0.4 is 0 Å². The standard InChI is InChI=1S/C6H5ClO3S2/c7-4-1-2-6(5(11)3-4)12(8,9)10/h1-3,11H,(H,8,9,10). The molecule has 6 heteroatoms. The summed E-state index contributed by atoms with van der Waals surface area (Å²) in [6, 6.07) is 3.90. The molecule has 0 aromatic heterocycles. The molecular formula is C6H5ClO3S2. The van der Waals surface area contributed by atoms with Crippen molar-refractivity contribution in [3.63, 3.8) is 0 Å². The third-order valence-corrected chi connectivity index (χ3v) is 2.87. The van der Waals surface area contributed by atoms with Gasteiger partial charge in [-0.1, -0.05) is 11.6 Å². The first-order valence-electron chi connectivity index (χ1n) is 2.87. The molecule has 0 aliphatic heterocycles. The molecule has 0 fully saturated rings. The second-order valence-electron chi connectivity index (χ2n) is 2.09. The minimum absolute atomic E-state index is 0.130. The van der Waals surface area contributed by atoms with Crippen LogP contribution in [-0.4, -0.2) is 13.0 Å². The van der Waals surface area contributed by atoms with Gasteiger partial charge in [-0.3, -0.25) is 4.55 Å². The van der Waals surface area contributed by atoms with Gasteiger partial charge in [0.05, 0.1) is 0 Å². The van der Waals surface area contributed by atoms with Crippen LogP contribution in [0, 0.1) is 0 Å². The molecule has 0 saturated carbocycles. The highest BCUT2D eigenvalue weighted by molar-refractivity contribution is 7.87. The Kier molecular flexibility index (Phi) is 2.67. The number of rotatable bonds is 1. The lowest BCUT2D eigenvalue weighted by atomic mass is 10.4. The highest BCUT2D eigenvalue weighted by atomic mass is 35.5. The van der Waals surface area contributed by atoms with Gasteiger partial charge in [0, 0.05) is 9.92 Å². The van der Waals surface area contributed by atoms with Crippen molar-refractivity contribution in [2.24, 2.45) is 0 Å². The molecule has 1 aromatic carbocycles. The molecule has 0 amide bonds. The van der Waals surface area contributed by atoms with Crippen molar-refractivity contribution in [1.29, 1.82) is 0 Å². The molecule has 0 saturated heterocycles. The van der Waals surface area contributed by atoms with Crippen molar-refractivity contribution in [1.82, 2.24) is 0 Å². The summed E-state index contributed by atoms with van der Waals surface area (Å²) in [7, 11) is -4.19. The Morgan fingerprint density at radius 3 is 2.42 bits per heavy atom. The van der Waals surface area contributed by atoms with Gasteiger partial charge in [-0.2, -0.15) is 8.42 Å². The van der Waals surface area contributed by atoms with Crippen LogP contribution >= 0.6 is 24.2 Å². The van der Waals surface area contributed by atoms with E-state index in [-0.39, 0.29) is 9.79 Å². The maximum absolute atomic E-state index is 10.6. The van der Waals surface area contributed by atoms with Gasteiger partial charge in [-0.25, -0.2) is 0 Å². The summed E-state index contributed by atoms with van der Waals surface area (Å²) in [6.45, 7) is 0. The summed E-state index contributed by atoms with van der Waals surface area (Å²) >= 11 is 9.38. The molecule has 0 spiro atoms. The van der Waals surface area contributed by atoms with Gasteiger partial charge in [0.2, 0.25) is 0 Å². The average Bonchev–Trinajstić information content (AvgIpc) is 1.83. The molecule has 0 unspecified atom stereocenters. The van der Waals surface area contributed by atoms with Gasteiger partial charge in [0.15, 0.2) is 0 Å². The topological polar surface area (TPSA) is 54.4 Å². The minimum atomic E-state index is -4.19. The molecule has 0 radical (unpaired) electrons. The van der Waals surface area contributed by atoms with Crippen LogP contribution in [0.4, 0.5) is 0 Å². The van der Waals surface area contributed by atoms with Crippen molar-refractivity contribution in [2.75, 3.05) is 0 Å². The number of hydrogen-bond acceptors (Lipinski definition) is 3. The van der Waals surface area contributed by atoms with Crippen LogP contribution in [-0.2, 0) is 10.1 Å². The van der Waals surface area contributed by atoms with E-state index in [1.165, 1.54) is 18.2 Å². The molecule has 1 aromatic rings. The van der Waals surface area contributed by atoms with Crippen LogP contribution in [0.2, 0.25) is 5.02 Å². The first-order chi connectivity index (χ1) is 5.41. The van der Waals surface area contributed by atoms with Crippen molar-refractivity contribution < 1.29 is 13.0 Å². The largest absolute Gasteiger partial charge is 0.295 e. The summed E-state index contributed by atoms with van der Waals surface area (Å²) < 4.78 is 29.9. The predicted molar refractivity (Wildman–Crippen MR) is 48.5 cm³/mol. The predicted octanol–water partition coefficient (Wildman–Crippen LogP) is 1.88. The zero-order valence-corrected chi connectivity index (χ0v) is 8.20. The summed E-state index contributed by atoms with van der Waals surface area (Å²) in [5, 5.41) is 0.368. The zero-order chi connectivity index (χ0) is 9.35. The van der Waals surface area contributed by atoms with Gasteiger partial charge >= 0.3 is 0 Å². The summed E-state index contributed by atoms with van der Waals surface area (Å²) in [5.41, 5.74) is 0. The van der Waals surface area contributed by atoms with E-state index in [0.717, 1.165) is 0 Å². The normalized spacial score (nSPS) is 11.6. The second kappa shape index (κ2) is 3.26. The van der Waals surface area contributed by atoms with Crippen LogP contribution in [0.1, 0.15) is 0 Å². The minimum Gasteiger partial charge on any atom is -0.282 e. The van der Waals surface area contributed by atoms with E-state index in [4.69, 9.17) is 16.2 Å². The quantitative estimate of drug-likeness (QED) is 0.566. The van der Waals surface area contributed by atoms with E-state index in [9.17, 15) is 8.42 Å². The summed E-state index contributed by atoms with van der Waals surface area (Å²) in [6.07, 6.45) is 0. The molecule has 0 aliphatic carbocycles. The fourth-order valence-corrected chi connectivity index (χ4v) is 2.08. The zero-order valence-electron chi connectivity index (χ0n) is 5.73. The molecule has 0 heterocycles. The smallest absolute Gasteiger partial charge is 0.282 e. The Hall–Kier alpha value is -0.230. The molecular weight excluding hydrogens is 220 g/mol. The van der Waals surface area contributed by atoms with Crippen LogP contribution in [0.25, 0.3) is 0 Å². The molecule has 1 N–H and O–H groups in total. The molecule has 0 atom stereocenters. The third-order valence-electron chi connectivity index (χ3n) is 1.20. The lowest BCUT2D eigenvalue weighted by Crippen LogP contribution is -1.98. The first kappa shape index (κ1) is 9.85. The van der Waals surface area contributed by atoms with Gasteiger partial charge in [-0.05, 0) is 18.2 Å². The van der Waals surface area contributed by atoms with Crippen LogP contribution in [0.3, 0.4) is 0 Å². The van der Waals surface area contributed by atoms with Crippen molar-refractivity contribution in [3.05, 3.63) is 23.2 Å². The Bertz CT molecular complexity index is 399. The van der Waals surface area contributed by atoms with Gasteiger partial charge in [-0.15, -0.1) is 12.6 Å². The summed E-state index contributed by atoms with van der Waals surface area (Å²) in [4.78, 5) is -0.111. The third kappa shape index (κ3) is 2.13. The molecule has 1 rings (SSSR count). The van der Waals surface area contributed by atoms with E-state index in [2.05, 4.69) is 12.6 Å². The number of thiol groups is 1. The van der Waals surface area contributed by atoms with E-state index in [1.54, 1.807) is 0 Å². The molecule has 3 nitrogen and oxygen atoms in total. The Morgan fingerprint density at radius 1 is 1.42 bits per heavy atom. The Balaban J connectivity index is 3.39. The summed E-state index contributed by atoms with van der Waals surface area (Å²) in [5.74, 6) is 0. The molecule has 0 bridgehead atoms. The molecule has 12 heavy (non-hydrogen) atoms. The van der Waals surface area contributed by atoms with Crippen molar-refractivity contribution in [3.8, 4) is 0 Å². The monoisotopic (exact) mass is 224 g/mol. The first-order valence-corrected chi connectivity index (χ1v) is 5.14. The molecule has 66 valence electrons. The maximum atomic E-state index is 10.6. The van der Waals surface area contributed by atoms with E-state index in [0.29, 0.717) is 5.02 Å².